The predicted molar refractivity (Wildman–Crippen MR) is 113 cm³/mol. The minimum absolute atomic E-state index is 0.0432. The van der Waals surface area contributed by atoms with Crippen molar-refractivity contribution in [2.24, 2.45) is 0 Å². The molecule has 28 heavy (non-hydrogen) atoms. The Bertz CT molecular complexity index is 776. The highest BCUT2D eigenvalue weighted by molar-refractivity contribution is 5.91. The molecule has 0 unspecified atom stereocenters. The Balaban J connectivity index is 1.23. The first-order valence-electron chi connectivity index (χ1n) is 10.2. The Morgan fingerprint density at radius 2 is 1.68 bits per heavy atom. The number of aryl methyl sites for hydroxylation is 1. The Morgan fingerprint density at radius 3 is 2.29 bits per heavy atom. The van der Waals surface area contributed by atoms with E-state index >= 15 is 0 Å². The zero-order valence-corrected chi connectivity index (χ0v) is 16.6. The number of carbonyl (C=O) groups excluding carboxylic acids is 1. The number of nitrogens with one attached hydrogen (secondary N) is 1. The molecule has 1 aliphatic carbocycles. The largest absolute Gasteiger partial charge is 0.497 e. The fourth-order valence-electron chi connectivity index (χ4n) is 3.81. The molecule has 1 heterocycles. The van der Waals surface area contributed by atoms with Crippen molar-refractivity contribution in [2.75, 3.05) is 43.5 Å². The highest BCUT2D eigenvalue weighted by atomic mass is 16.5. The molecule has 1 amide bonds. The molecule has 2 aromatic carbocycles. The third-order valence-electron chi connectivity index (χ3n) is 5.69. The van der Waals surface area contributed by atoms with Gasteiger partial charge in [-0.2, -0.15) is 0 Å². The molecule has 0 atom stereocenters. The molecular formula is C23H29N3O2. The Kier molecular flexibility index (Phi) is 5.81. The summed E-state index contributed by atoms with van der Waals surface area (Å²) in [4.78, 5) is 17.3. The summed E-state index contributed by atoms with van der Waals surface area (Å²) in [6.07, 6.45) is 3.95. The standard InChI is InChI=1S/C23H29N3O2/c1-28-22-11-2-18(3-12-22)4-13-23(27)24-19-5-7-20(8-6-19)25-14-16-26(17-15-25)21-9-10-21/h2-3,5-8,11-12,21H,4,9-10,13-17H2,1H3,(H,24,27). The number of amides is 1. The predicted octanol–water partition coefficient (Wildman–Crippen LogP) is 3.55. The van der Waals surface area contributed by atoms with Crippen molar-refractivity contribution < 1.29 is 9.53 Å². The minimum Gasteiger partial charge on any atom is -0.497 e. The van der Waals surface area contributed by atoms with Crippen LogP contribution in [0.3, 0.4) is 0 Å². The molecule has 0 radical (unpaired) electrons. The molecule has 1 aliphatic heterocycles. The van der Waals surface area contributed by atoms with Crippen LogP contribution in [0.5, 0.6) is 5.75 Å². The van der Waals surface area contributed by atoms with Gasteiger partial charge < -0.3 is 15.0 Å². The van der Waals surface area contributed by atoms with Gasteiger partial charge in [0.2, 0.25) is 5.91 Å². The van der Waals surface area contributed by atoms with E-state index in [4.69, 9.17) is 4.74 Å². The number of carbonyl (C=O) groups is 1. The summed E-state index contributed by atoms with van der Waals surface area (Å²) in [5.74, 6) is 0.879. The molecule has 0 bridgehead atoms. The topological polar surface area (TPSA) is 44.8 Å². The molecule has 148 valence electrons. The van der Waals surface area contributed by atoms with Crippen LogP contribution >= 0.6 is 0 Å². The molecular weight excluding hydrogens is 350 g/mol. The van der Waals surface area contributed by atoms with Crippen LogP contribution in [0, 0.1) is 0 Å². The van der Waals surface area contributed by atoms with E-state index in [2.05, 4.69) is 27.2 Å². The van der Waals surface area contributed by atoms with E-state index in [1.807, 2.05) is 36.4 Å². The van der Waals surface area contributed by atoms with Crippen molar-refractivity contribution >= 4 is 17.3 Å². The van der Waals surface area contributed by atoms with E-state index in [9.17, 15) is 4.79 Å². The number of hydrogen-bond acceptors (Lipinski definition) is 4. The maximum Gasteiger partial charge on any atom is 0.224 e. The molecule has 5 nitrogen and oxygen atoms in total. The molecule has 2 aliphatic rings. The second-order valence-corrected chi connectivity index (χ2v) is 7.70. The van der Waals surface area contributed by atoms with Crippen LogP contribution in [0.15, 0.2) is 48.5 Å². The second-order valence-electron chi connectivity index (χ2n) is 7.70. The maximum absolute atomic E-state index is 12.2. The van der Waals surface area contributed by atoms with Gasteiger partial charge in [0.15, 0.2) is 0 Å². The third-order valence-corrected chi connectivity index (χ3v) is 5.69. The van der Waals surface area contributed by atoms with Crippen LogP contribution < -0.4 is 15.0 Å². The van der Waals surface area contributed by atoms with Gasteiger partial charge in [0.25, 0.3) is 0 Å². The molecule has 0 aromatic heterocycles. The zero-order chi connectivity index (χ0) is 19.3. The van der Waals surface area contributed by atoms with Crippen molar-refractivity contribution in [3.8, 4) is 5.75 Å². The smallest absolute Gasteiger partial charge is 0.224 e. The molecule has 0 spiro atoms. The first-order valence-corrected chi connectivity index (χ1v) is 10.2. The van der Waals surface area contributed by atoms with Gasteiger partial charge in [0.1, 0.15) is 5.75 Å². The van der Waals surface area contributed by atoms with E-state index < -0.39 is 0 Å². The number of benzene rings is 2. The summed E-state index contributed by atoms with van der Waals surface area (Å²) < 4.78 is 5.16. The van der Waals surface area contributed by atoms with E-state index in [1.165, 1.54) is 18.5 Å². The number of anilines is 2. The molecule has 1 saturated carbocycles. The number of piperazine rings is 1. The number of ether oxygens (including phenoxy) is 1. The monoisotopic (exact) mass is 379 g/mol. The van der Waals surface area contributed by atoms with Gasteiger partial charge in [0.05, 0.1) is 7.11 Å². The van der Waals surface area contributed by atoms with Gasteiger partial charge in [-0.1, -0.05) is 12.1 Å². The molecule has 2 fully saturated rings. The summed E-state index contributed by atoms with van der Waals surface area (Å²) in [6, 6.07) is 17.0. The number of nitrogens with zero attached hydrogens (tertiary/aromatic N) is 2. The lowest BCUT2D eigenvalue weighted by molar-refractivity contribution is -0.116. The summed E-state index contributed by atoms with van der Waals surface area (Å²) in [6.45, 7) is 4.50. The van der Waals surface area contributed by atoms with Crippen LogP contribution in [0.2, 0.25) is 0 Å². The summed E-state index contributed by atoms with van der Waals surface area (Å²) in [7, 11) is 1.65. The number of methoxy groups -OCH3 is 1. The second kappa shape index (κ2) is 8.65. The van der Waals surface area contributed by atoms with Gasteiger partial charge in [-0.05, 0) is 61.2 Å². The summed E-state index contributed by atoms with van der Waals surface area (Å²) in [5.41, 5.74) is 3.24. The normalized spacial score (nSPS) is 17.4. The van der Waals surface area contributed by atoms with Crippen LogP contribution in [0.1, 0.15) is 24.8 Å². The maximum atomic E-state index is 12.2. The van der Waals surface area contributed by atoms with Crippen LogP contribution in [-0.4, -0.2) is 50.1 Å². The number of rotatable bonds is 7. The molecule has 1 saturated heterocycles. The lowest BCUT2D eigenvalue weighted by Crippen LogP contribution is -2.47. The molecule has 2 aromatic rings. The summed E-state index contributed by atoms with van der Waals surface area (Å²) in [5, 5.41) is 3.00. The highest BCUT2D eigenvalue weighted by Crippen LogP contribution is 2.28. The molecule has 4 rings (SSSR count). The van der Waals surface area contributed by atoms with Gasteiger partial charge in [-0.25, -0.2) is 0 Å². The Hall–Kier alpha value is -2.53. The quantitative estimate of drug-likeness (QED) is 0.799. The minimum atomic E-state index is 0.0432. The van der Waals surface area contributed by atoms with E-state index in [-0.39, 0.29) is 5.91 Å². The highest BCUT2D eigenvalue weighted by Gasteiger charge is 2.31. The Morgan fingerprint density at radius 1 is 1.00 bits per heavy atom. The SMILES string of the molecule is COc1ccc(CCC(=O)Nc2ccc(N3CCN(C4CC4)CC3)cc2)cc1. The number of hydrogen-bond donors (Lipinski definition) is 1. The van der Waals surface area contributed by atoms with Crippen molar-refractivity contribution in [1.29, 1.82) is 0 Å². The van der Waals surface area contributed by atoms with Crippen molar-refractivity contribution in [2.45, 2.75) is 31.7 Å². The zero-order valence-electron chi connectivity index (χ0n) is 16.6. The molecule has 1 N–H and O–H groups in total. The lowest BCUT2D eigenvalue weighted by atomic mass is 10.1. The average Bonchev–Trinajstić information content (AvgIpc) is 3.59. The first kappa shape index (κ1) is 18.8. The van der Waals surface area contributed by atoms with E-state index in [0.29, 0.717) is 6.42 Å². The third kappa shape index (κ3) is 4.84. The van der Waals surface area contributed by atoms with Crippen LogP contribution in [-0.2, 0) is 11.2 Å². The lowest BCUT2D eigenvalue weighted by Gasteiger charge is -2.36. The average molecular weight is 380 g/mol. The fourth-order valence-corrected chi connectivity index (χ4v) is 3.81. The van der Waals surface area contributed by atoms with E-state index in [0.717, 1.165) is 55.6 Å². The van der Waals surface area contributed by atoms with Crippen LogP contribution in [0.25, 0.3) is 0 Å². The van der Waals surface area contributed by atoms with Crippen molar-refractivity contribution in [1.82, 2.24) is 4.90 Å². The van der Waals surface area contributed by atoms with Gasteiger partial charge in [-0.15, -0.1) is 0 Å². The van der Waals surface area contributed by atoms with Crippen LogP contribution in [0.4, 0.5) is 11.4 Å². The van der Waals surface area contributed by atoms with Gasteiger partial charge in [-0.3, -0.25) is 9.69 Å². The van der Waals surface area contributed by atoms with Gasteiger partial charge in [0, 0.05) is 50.0 Å². The Labute approximate surface area is 167 Å². The first-order chi connectivity index (χ1) is 13.7. The van der Waals surface area contributed by atoms with Crippen molar-refractivity contribution in [3.63, 3.8) is 0 Å². The fraction of sp³-hybridized carbons (Fsp3) is 0.435. The van der Waals surface area contributed by atoms with Crippen molar-refractivity contribution in [3.05, 3.63) is 54.1 Å². The van der Waals surface area contributed by atoms with E-state index in [1.54, 1.807) is 7.11 Å². The van der Waals surface area contributed by atoms with Gasteiger partial charge >= 0.3 is 0 Å². The molecule has 5 heteroatoms. The summed E-state index contributed by atoms with van der Waals surface area (Å²) >= 11 is 0.